The molecule has 0 atom stereocenters. The van der Waals surface area contributed by atoms with Gasteiger partial charge in [-0.05, 0) is 43.9 Å². The number of halogens is 1. The number of para-hydroxylation sites is 1. The number of nitrogens with zero attached hydrogens (tertiary/aromatic N) is 3. The van der Waals surface area contributed by atoms with Crippen LogP contribution < -0.4 is 4.72 Å². The highest BCUT2D eigenvalue weighted by Crippen LogP contribution is 2.26. The number of carbonyl (C=O) groups excluding carboxylic acids is 1. The van der Waals surface area contributed by atoms with E-state index < -0.39 is 10.0 Å². The number of benzene rings is 1. The lowest BCUT2D eigenvalue weighted by atomic mass is 10.1. The topological polar surface area (TPSA) is 92.3 Å². The number of fused-ring (bicyclic) bond motifs is 1. The second-order valence-electron chi connectivity index (χ2n) is 7.17. The summed E-state index contributed by atoms with van der Waals surface area (Å²) in [6.45, 7) is 1.38. The predicted octanol–water partition coefficient (Wildman–Crippen LogP) is 3.41. The van der Waals surface area contributed by atoms with Gasteiger partial charge in [-0.3, -0.25) is 19.5 Å². The monoisotopic (exact) mass is 488 g/mol. The van der Waals surface area contributed by atoms with Gasteiger partial charge in [0.15, 0.2) is 0 Å². The van der Waals surface area contributed by atoms with Crippen LogP contribution in [-0.4, -0.2) is 42.3 Å². The Balaban J connectivity index is 1.75. The molecule has 1 aromatic carbocycles. The van der Waals surface area contributed by atoms with Gasteiger partial charge in [0.05, 0.1) is 11.2 Å². The van der Waals surface area contributed by atoms with Crippen molar-refractivity contribution in [3.8, 4) is 0 Å². The highest BCUT2D eigenvalue weighted by Gasteiger charge is 2.26. The van der Waals surface area contributed by atoms with E-state index in [4.69, 9.17) is 0 Å². The number of amides is 1. The van der Waals surface area contributed by atoms with Gasteiger partial charge in [-0.2, -0.15) is 0 Å². The number of rotatable bonds is 4. The molecule has 1 aliphatic carbocycles. The van der Waals surface area contributed by atoms with Crippen LogP contribution >= 0.6 is 15.9 Å². The number of hydrogen-bond donors (Lipinski definition) is 1. The van der Waals surface area contributed by atoms with Crippen molar-refractivity contribution >= 4 is 42.9 Å². The van der Waals surface area contributed by atoms with Crippen LogP contribution in [0.5, 0.6) is 0 Å². The first kappa shape index (κ1) is 20.7. The molecule has 30 heavy (non-hydrogen) atoms. The maximum Gasteiger partial charge on any atom is 0.264 e. The van der Waals surface area contributed by atoms with E-state index in [1.807, 2.05) is 12.2 Å². The summed E-state index contributed by atoms with van der Waals surface area (Å²) in [6.07, 6.45) is 11.6. The van der Waals surface area contributed by atoms with Gasteiger partial charge >= 0.3 is 0 Å². The first-order valence-corrected chi connectivity index (χ1v) is 12.0. The highest BCUT2D eigenvalue weighted by molar-refractivity contribution is 9.11. The summed E-state index contributed by atoms with van der Waals surface area (Å²) in [7, 11) is -4.00. The van der Waals surface area contributed by atoms with Crippen LogP contribution in [0, 0.1) is 0 Å². The summed E-state index contributed by atoms with van der Waals surface area (Å²) in [5.74, 6) is -0.131. The zero-order valence-electron chi connectivity index (χ0n) is 16.2. The third-order valence-corrected chi connectivity index (χ3v) is 6.99. The van der Waals surface area contributed by atoms with E-state index in [1.54, 1.807) is 23.1 Å². The second kappa shape index (κ2) is 8.69. The molecule has 0 saturated carbocycles. The molecule has 4 rings (SSSR count). The van der Waals surface area contributed by atoms with Crippen LogP contribution in [0.4, 0.5) is 0 Å². The van der Waals surface area contributed by atoms with E-state index in [-0.39, 0.29) is 22.0 Å². The van der Waals surface area contributed by atoms with Crippen LogP contribution in [0.15, 0.2) is 69.5 Å². The smallest absolute Gasteiger partial charge is 0.264 e. The van der Waals surface area contributed by atoms with E-state index in [1.165, 1.54) is 18.5 Å². The van der Waals surface area contributed by atoms with Crippen LogP contribution in [-0.2, 0) is 14.8 Å². The highest BCUT2D eigenvalue weighted by atomic mass is 79.9. The summed E-state index contributed by atoms with van der Waals surface area (Å²) in [5.41, 5.74) is 1.46. The van der Waals surface area contributed by atoms with E-state index >= 15 is 0 Å². The van der Waals surface area contributed by atoms with E-state index in [2.05, 4.69) is 30.6 Å². The van der Waals surface area contributed by atoms with Crippen molar-refractivity contribution < 1.29 is 13.2 Å². The average molecular weight is 489 g/mol. The maximum absolute atomic E-state index is 13.3. The Labute approximate surface area is 183 Å². The Hall–Kier alpha value is -2.52. The molecule has 1 aromatic heterocycles. The van der Waals surface area contributed by atoms with Crippen molar-refractivity contribution in [2.24, 2.45) is 0 Å². The molecule has 1 fully saturated rings. The third-order valence-electron chi connectivity index (χ3n) is 5.10. The number of nitrogens with one attached hydrogen (secondary N) is 1. The van der Waals surface area contributed by atoms with E-state index in [0.717, 1.165) is 19.3 Å². The van der Waals surface area contributed by atoms with Crippen molar-refractivity contribution in [1.82, 2.24) is 19.6 Å². The van der Waals surface area contributed by atoms with Gasteiger partial charge in [0.1, 0.15) is 10.4 Å². The minimum absolute atomic E-state index is 0.0205. The second-order valence-corrected chi connectivity index (χ2v) is 9.73. The van der Waals surface area contributed by atoms with Gasteiger partial charge < -0.3 is 4.90 Å². The lowest BCUT2D eigenvalue weighted by Crippen LogP contribution is -2.38. The summed E-state index contributed by atoms with van der Waals surface area (Å²) in [6, 6.07) is 4.82. The number of allylic oxidation sites excluding steroid dienone is 4. The molecule has 1 amide bonds. The number of sulfonamides is 1. The van der Waals surface area contributed by atoms with Crippen LogP contribution in [0.1, 0.15) is 25.7 Å². The van der Waals surface area contributed by atoms with Crippen molar-refractivity contribution in [3.05, 3.63) is 64.6 Å². The van der Waals surface area contributed by atoms with Gasteiger partial charge in [-0.1, -0.05) is 34.1 Å². The average Bonchev–Trinajstić information content (AvgIpc) is 2.93. The molecule has 156 valence electrons. The standard InChI is InChI=1S/C21H21BrN4O3S/c22-15-6-4-7-16(21(27)26-12-2-1-3-13-26)18(14-15)25-30(28,29)19-9-5-8-17-20(19)24-11-10-23-17/h4-6,8-11,14,25H,1-3,7,12-13H2. The van der Waals surface area contributed by atoms with Crippen molar-refractivity contribution in [3.63, 3.8) is 0 Å². The van der Waals surface area contributed by atoms with Gasteiger partial charge in [0.25, 0.3) is 15.9 Å². The number of aromatic nitrogens is 2. The van der Waals surface area contributed by atoms with Gasteiger partial charge in [0.2, 0.25) is 0 Å². The Kier molecular flexibility index (Phi) is 6.01. The third kappa shape index (κ3) is 4.32. The molecule has 2 aliphatic rings. The lowest BCUT2D eigenvalue weighted by Gasteiger charge is -2.28. The normalized spacial score (nSPS) is 17.6. The molecule has 1 N–H and O–H groups in total. The minimum Gasteiger partial charge on any atom is -0.339 e. The Morgan fingerprint density at radius 2 is 1.87 bits per heavy atom. The minimum atomic E-state index is -4.00. The quantitative estimate of drug-likeness (QED) is 0.711. The molecule has 0 radical (unpaired) electrons. The summed E-state index contributed by atoms with van der Waals surface area (Å²) in [4.78, 5) is 23.4. The van der Waals surface area contributed by atoms with Gasteiger partial charge in [0, 0.05) is 35.5 Å². The zero-order valence-corrected chi connectivity index (χ0v) is 18.6. The predicted molar refractivity (Wildman–Crippen MR) is 118 cm³/mol. The van der Waals surface area contributed by atoms with Crippen molar-refractivity contribution in [1.29, 1.82) is 0 Å². The molecular weight excluding hydrogens is 468 g/mol. The largest absolute Gasteiger partial charge is 0.339 e. The number of piperidine rings is 1. The molecule has 7 nitrogen and oxygen atoms in total. The first-order chi connectivity index (χ1) is 14.5. The molecular formula is C21H21BrN4O3S. The van der Waals surface area contributed by atoms with Crippen LogP contribution in [0.3, 0.4) is 0 Å². The summed E-state index contributed by atoms with van der Waals surface area (Å²) < 4.78 is 29.9. The van der Waals surface area contributed by atoms with E-state index in [0.29, 0.717) is 35.1 Å². The fourth-order valence-electron chi connectivity index (χ4n) is 3.64. The molecule has 0 spiro atoms. The number of likely N-dealkylation sites (tertiary alicyclic amines) is 1. The lowest BCUT2D eigenvalue weighted by molar-refractivity contribution is -0.128. The van der Waals surface area contributed by atoms with Crippen LogP contribution in [0.2, 0.25) is 0 Å². The van der Waals surface area contributed by atoms with Gasteiger partial charge in [-0.15, -0.1) is 0 Å². The first-order valence-electron chi connectivity index (χ1n) is 9.74. The SMILES string of the molecule is O=C(C1=C(NS(=O)(=O)c2cccc3nccnc23)C=C(Br)C=CC1)N1CCCCC1. The fraction of sp³-hybridized carbons (Fsp3) is 0.286. The van der Waals surface area contributed by atoms with Crippen molar-refractivity contribution in [2.75, 3.05) is 13.1 Å². The van der Waals surface area contributed by atoms with Crippen LogP contribution in [0.25, 0.3) is 11.0 Å². The molecule has 9 heteroatoms. The molecule has 0 bridgehead atoms. The Morgan fingerprint density at radius 3 is 2.67 bits per heavy atom. The Bertz CT molecular complexity index is 1180. The zero-order chi connectivity index (χ0) is 21.1. The van der Waals surface area contributed by atoms with Gasteiger partial charge in [-0.25, -0.2) is 8.42 Å². The summed E-state index contributed by atoms with van der Waals surface area (Å²) in [5, 5.41) is 0. The fourth-order valence-corrected chi connectivity index (χ4v) is 5.30. The number of carbonyl (C=O) groups is 1. The molecule has 1 saturated heterocycles. The van der Waals surface area contributed by atoms with Crippen molar-refractivity contribution in [2.45, 2.75) is 30.6 Å². The van der Waals surface area contributed by atoms with E-state index in [9.17, 15) is 13.2 Å². The molecule has 0 unspecified atom stereocenters. The summed E-state index contributed by atoms with van der Waals surface area (Å²) >= 11 is 3.41. The Morgan fingerprint density at radius 1 is 1.10 bits per heavy atom. The molecule has 2 aromatic rings. The number of hydrogen-bond acceptors (Lipinski definition) is 5. The maximum atomic E-state index is 13.3. The molecule has 1 aliphatic heterocycles. The molecule has 2 heterocycles.